The second kappa shape index (κ2) is 7.85. The summed E-state index contributed by atoms with van der Waals surface area (Å²) in [6.07, 6.45) is 0. The summed E-state index contributed by atoms with van der Waals surface area (Å²) in [7, 11) is 0. The maximum absolute atomic E-state index is 12.0. The summed E-state index contributed by atoms with van der Waals surface area (Å²) < 4.78 is 0. The first kappa shape index (κ1) is 17.1. The van der Waals surface area contributed by atoms with Gasteiger partial charge in [0.15, 0.2) is 0 Å². The molecule has 0 aromatic heterocycles. The minimum Gasteiger partial charge on any atom is -0.508 e. The van der Waals surface area contributed by atoms with E-state index in [1.54, 1.807) is 30.3 Å². The highest BCUT2D eigenvalue weighted by atomic mass is 35.5. The predicted octanol–water partition coefficient (Wildman–Crippen LogP) is 2.69. The predicted molar refractivity (Wildman–Crippen MR) is 91.0 cm³/mol. The number of nitrogens with one attached hydrogen (secondary N) is 2. The van der Waals surface area contributed by atoms with Crippen LogP contribution >= 0.6 is 11.6 Å². The number of hydrogen-bond acceptors (Lipinski definition) is 4. The van der Waals surface area contributed by atoms with Gasteiger partial charge in [0.1, 0.15) is 5.75 Å². The van der Waals surface area contributed by atoms with Gasteiger partial charge in [-0.05, 0) is 42.8 Å². The van der Waals surface area contributed by atoms with Crippen molar-refractivity contribution in [1.29, 1.82) is 0 Å². The molecule has 0 atom stereocenters. The molecule has 0 spiro atoms. The Morgan fingerprint density at radius 3 is 2.78 bits per heavy atom. The van der Waals surface area contributed by atoms with E-state index >= 15 is 0 Å². The monoisotopic (exact) mass is 334 g/mol. The molecule has 1 amide bonds. The Kier molecular flexibility index (Phi) is 5.84. The zero-order valence-corrected chi connectivity index (χ0v) is 13.5. The van der Waals surface area contributed by atoms with Gasteiger partial charge in [-0.25, -0.2) is 0 Å². The minimum atomic E-state index is -0.231. The molecule has 0 aliphatic rings. The van der Waals surface area contributed by atoms with Crippen molar-refractivity contribution in [1.82, 2.24) is 5.32 Å². The van der Waals surface area contributed by atoms with Gasteiger partial charge in [-0.3, -0.25) is 4.79 Å². The summed E-state index contributed by atoms with van der Waals surface area (Å²) in [5, 5.41) is 25.0. The molecule has 0 fully saturated rings. The summed E-state index contributed by atoms with van der Waals surface area (Å²) in [6, 6.07) is 10.2. The zero-order chi connectivity index (χ0) is 16.8. The van der Waals surface area contributed by atoms with Gasteiger partial charge in [-0.1, -0.05) is 17.7 Å². The van der Waals surface area contributed by atoms with Crippen LogP contribution in [-0.4, -0.2) is 29.3 Å². The van der Waals surface area contributed by atoms with Crippen LogP contribution in [0.25, 0.3) is 0 Å². The number of phenols is 1. The number of aliphatic hydroxyl groups is 1. The summed E-state index contributed by atoms with van der Waals surface area (Å²) in [5.74, 6) is -0.0674. The molecule has 0 saturated carbocycles. The van der Waals surface area contributed by atoms with Crippen molar-refractivity contribution in [3.05, 3.63) is 58.1 Å². The van der Waals surface area contributed by atoms with E-state index in [1.165, 1.54) is 0 Å². The van der Waals surface area contributed by atoms with E-state index in [2.05, 4.69) is 10.6 Å². The van der Waals surface area contributed by atoms with Crippen LogP contribution in [0, 0.1) is 6.92 Å². The van der Waals surface area contributed by atoms with Crippen LogP contribution in [0.5, 0.6) is 5.75 Å². The average Bonchev–Trinajstić information content (AvgIpc) is 2.54. The van der Waals surface area contributed by atoms with E-state index in [0.29, 0.717) is 22.7 Å². The SMILES string of the molecule is Cc1c(NCc2cc(Cl)ccc2O)cccc1C(=O)NCCO. The maximum atomic E-state index is 12.0. The summed E-state index contributed by atoms with van der Waals surface area (Å²) in [4.78, 5) is 12.0. The topological polar surface area (TPSA) is 81.6 Å². The van der Waals surface area contributed by atoms with Crippen molar-refractivity contribution in [3.63, 3.8) is 0 Å². The van der Waals surface area contributed by atoms with Gasteiger partial charge < -0.3 is 20.8 Å². The minimum absolute atomic E-state index is 0.100. The highest BCUT2D eigenvalue weighted by Crippen LogP contribution is 2.24. The van der Waals surface area contributed by atoms with Gasteiger partial charge in [-0.15, -0.1) is 0 Å². The van der Waals surface area contributed by atoms with Gasteiger partial charge in [0.05, 0.1) is 6.61 Å². The molecule has 0 unspecified atom stereocenters. The van der Waals surface area contributed by atoms with Crippen LogP contribution in [-0.2, 0) is 6.54 Å². The van der Waals surface area contributed by atoms with E-state index in [9.17, 15) is 9.90 Å². The smallest absolute Gasteiger partial charge is 0.251 e. The summed E-state index contributed by atoms with van der Waals surface area (Å²) >= 11 is 5.93. The van der Waals surface area contributed by atoms with Gasteiger partial charge in [-0.2, -0.15) is 0 Å². The molecule has 2 rings (SSSR count). The summed E-state index contributed by atoms with van der Waals surface area (Å²) in [6.45, 7) is 2.34. The first-order valence-corrected chi connectivity index (χ1v) is 7.60. The van der Waals surface area contributed by atoms with Gasteiger partial charge >= 0.3 is 0 Å². The van der Waals surface area contributed by atoms with Gasteiger partial charge in [0.25, 0.3) is 5.91 Å². The van der Waals surface area contributed by atoms with E-state index < -0.39 is 0 Å². The molecule has 2 aromatic rings. The Morgan fingerprint density at radius 1 is 1.26 bits per heavy atom. The molecule has 6 heteroatoms. The van der Waals surface area contributed by atoms with E-state index in [0.717, 1.165) is 11.3 Å². The third-order valence-electron chi connectivity index (χ3n) is 3.49. The van der Waals surface area contributed by atoms with Crippen molar-refractivity contribution in [3.8, 4) is 5.75 Å². The second-order valence-electron chi connectivity index (χ2n) is 5.08. The molecule has 0 aliphatic carbocycles. The fraction of sp³-hybridized carbons (Fsp3) is 0.235. The standard InChI is InChI=1S/C17H19ClN2O3/c1-11-14(17(23)19-7-8-21)3-2-4-15(11)20-10-12-9-13(18)5-6-16(12)22/h2-6,9,20-22H,7-8,10H2,1H3,(H,19,23). The number of anilines is 1. The molecule has 4 N–H and O–H groups in total. The number of carbonyl (C=O) groups is 1. The first-order valence-electron chi connectivity index (χ1n) is 7.23. The van der Waals surface area contributed by atoms with Crippen molar-refractivity contribution in [2.45, 2.75) is 13.5 Å². The van der Waals surface area contributed by atoms with Crippen LogP contribution in [0.4, 0.5) is 5.69 Å². The quantitative estimate of drug-likeness (QED) is 0.654. The lowest BCUT2D eigenvalue weighted by Crippen LogP contribution is -2.27. The number of benzene rings is 2. The fourth-order valence-electron chi connectivity index (χ4n) is 2.22. The number of phenolic OH excluding ortho intramolecular Hbond substituents is 1. The Balaban J connectivity index is 2.14. The molecule has 2 aromatic carbocycles. The molecular formula is C17H19ClN2O3. The van der Waals surface area contributed by atoms with E-state index in [-0.39, 0.29) is 24.8 Å². The second-order valence-corrected chi connectivity index (χ2v) is 5.52. The lowest BCUT2D eigenvalue weighted by Gasteiger charge is -2.14. The number of aliphatic hydroxyl groups excluding tert-OH is 1. The van der Waals surface area contributed by atoms with Gasteiger partial charge in [0, 0.05) is 34.9 Å². The number of carbonyl (C=O) groups excluding carboxylic acids is 1. The lowest BCUT2D eigenvalue weighted by molar-refractivity contribution is 0.0944. The van der Waals surface area contributed by atoms with Crippen molar-refractivity contribution >= 4 is 23.2 Å². The number of aromatic hydroxyl groups is 1. The first-order chi connectivity index (χ1) is 11.0. The number of hydrogen-bond donors (Lipinski definition) is 4. The molecule has 23 heavy (non-hydrogen) atoms. The fourth-order valence-corrected chi connectivity index (χ4v) is 2.42. The van der Waals surface area contributed by atoms with E-state index in [1.807, 2.05) is 13.0 Å². The van der Waals surface area contributed by atoms with Crippen LogP contribution < -0.4 is 10.6 Å². The number of halogens is 1. The van der Waals surface area contributed by atoms with Crippen molar-refractivity contribution < 1.29 is 15.0 Å². The molecule has 0 aliphatic heterocycles. The number of rotatable bonds is 6. The third kappa shape index (κ3) is 4.37. The maximum Gasteiger partial charge on any atom is 0.251 e. The normalized spacial score (nSPS) is 10.4. The zero-order valence-electron chi connectivity index (χ0n) is 12.8. The van der Waals surface area contributed by atoms with Crippen LogP contribution in [0.1, 0.15) is 21.5 Å². The Bertz CT molecular complexity index is 704. The molecule has 122 valence electrons. The lowest BCUT2D eigenvalue weighted by atomic mass is 10.1. The molecule has 0 bridgehead atoms. The molecular weight excluding hydrogens is 316 g/mol. The van der Waals surface area contributed by atoms with Gasteiger partial charge in [0.2, 0.25) is 0 Å². The Labute approximate surface area is 139 Å². The van der Waals surface area contributed by atoms with Crippen LogP contribution in [0.15, 0.2) is 36.4 Å². The van der Waals surface area contributed by atoms with Crippen LogP contribution in [0.2, 0.25) is 5.02 Å². The molecule has 0 radical (unpaired) electrons. The highest BCUT2D eigenvalue weighted by Gasteiger charge is 2.11. The molecule has 0 saturated heterocycles. The molecule has 5 nitrogen and oxygen atoms in total. The number of amides is 1. The molecule has 0 heterocycles. The Morgan fingerprint density at radius 2 is 2.04 bits per heavy atom. The van der Waals surface area contributed by atoms with Crippen molar-refractivity contribution in [2.75, 3.05) is 18.5 Å². The van der Waals surface area contributed by atoms with Crippen LogP contribution in [0.3, 0.4) is 0 Å². The largest absolute Gasteiger partial charge is 0.508 e. The van der Waals surface area contributed by atoms with Crippen molar-refractivity contribution in [2.24, 2.45) is 0 Å². The average molecular weight is 335 g/mol. The summed E-state index contributed by atoms with van der Waals surface area (Å²) in [5.41, 5.74) is 2.80. The highest BCUT2D eigenvalue weighted by molar-refractivity contribution is 6.30. The van der Waals surface area contributed by atoms with E-state index in [4.69, 9.17) is 16.7 Å². The third-order valence-corrected chi connectivity index (χ3v) is 3.72. The Hall–Kier alpha value is -2.24.